The molecule has 1 saturated carbocycles. The van der Waals surface area contributed by atoms with Gasteiger partial charge in [-0.3, -0.25) is 0 Å². The molecule has 2 rings (SSSR count). The zero-order chi connectivity index (χ0) is 15.4. The predicted octanol–water partition coefficient (Wildman–Crippen LogP) is 3.80. The molecule has 1 aromatic rings. The standard InChI is InChI=1S/C18H31N3/c1-6-7-19-11-15-9-17(13(2)3)20-18(10-15)21(5)12-16-8-14(16)4/h9-10,13-14,16,19H,6-8,11-12H2,1-5H3. The van der Waals surface area contributed by atoms with Crippen LogP contribution < -0.4 is 10.2 Å². The molecule has 0 aliphatic heterocycles. The van der Waals surface area contributed by atoms with E-state index in [0.29, 0.717) is 5.92 Å². The number of anilines is 1. The van der Waals surface area contributed by atoms with Gasteiger partial charge in [-0.05, 0) is 54.8 Å². The summed E-state index contributed by atoms with van der Waals surface area (Å²) in [6.07, 6.45) is 2.55. The van der Waals surface area contributed by atoms with Crippen LogP contribution >= 0.6 is 0 Å². The highest BCUT2D eigenvalue weighted by molar-refractivity contribution is 5.43. The minimum atomic E-state index is 0.475. The van der Waals surface area contributed by atoms with Crippen molar-refractivity contribution in [2.75, 3.05) is 25.0 Å². The molecule has 2 atom stereocenters. The first-order valence-electron chi connectivity index (χ1n) is 8.44. The molecular formula is C18H31N3. The lowest BCUT2D eigenvalue weighted by molar-refractivity contribution is 0.670. The minimum absolute atomic E-state index is 0.475. The summed E-state index contributed by atoms with van der Waals surface area (Å²) < 4.78 is 0. The van der Waals surface area contributed by atoms with Crippen LogP contribution in [0.3, 0.4) is 0 Å². The molecule has 0 aromatic carbocycles. The van der Waals surface area contributed by atoms with Gasteiger partial charge < -0.3 is 10.2 Å². The van der Waals surface area contributed by atoms with E-state index in [2.05, 4.69) is 57.1 Å². The van der Waals surface area contributed by atoms with Gasteiger partial charge in [0.1, 0.15) is 5.82 Å². The van der Waals surface area contributed by atoms with Crippen molar-refractivity contribution >= 4 is 5.82 Å². The van der Waals surface area contributed by atoms with Crippen molar-refractivity contribution in [3.63, 3.8) is 0 Å². The Kier molecular flexibility index (Phi) is 5.63. The first kappa shape index (κ1) is 16.3. The molecule has 1 aliphatic carbocycles. The molecule has 0 radical (unpaired) electrons. The number of pyridine rings is 1. The third-order valence-electron chi connectivity index (χ3n) is 4.41. The predicted molar refractivity (Wildman–Crippen MR) is 90.9 cm³/mol. The van der Waals surface area contributed by atoms with E-state index >= 15 is 0 Å². The Morgan fingerprint density at radius 1 is 1.38 bits per heavy atom. The maximum atomic E-state index is 4.87. The van der Waals surface area contributed by atoms with E-state index in [-0.39, 0.29) is 0 Å². The van der Waals surface area contributed by atoms with Gasteiger partial charge in [0.15, 0.2) is 0 Å². The van der Waals surface area contributed by atoms with E-state index in [1.165, 1.54) is 24.1 Å². The maximum absolute atomic E-state index is 4.87. The van der Waals surface area contributed by atoms with Gasteiger partial charge in [-0.25, -0.2) is 4.98 Å². The van der Waals surface area contributed by atoms with Crippen LogP contribution in [-0.4, -0.2) is 25.1 Å². The second-order valence-electron chi connectivity index (χ2n) is 6.94. The van der Waals surface area contributed by atoms with Crippen LogP contribution in [0.15, 0.2) is 12.1 Å². The largest absolute Gasteiger partial charge is 0.359 e. The van der Waals surface area contributed by atoms with Gasteiger partial charge in [-0.15, -0.1) is 0 Å². The third kappa shape index (κ3) is 4.70. The summed E-state index contributed by atoms with van der Waals surface area (Å²) in [5.41, 5.74) is 2.56. The van der Waals surface area contributed by atoms with Crippen molar-refractivity contribution in [3.8, 4) is 0 Å². The topological polar surface area (TPSA) is 28.2 Å². The highest BCUT2D eigenvalue weighted by Crippen LogP contribution is 2.38. The van der Waals surface area contributed by atoms with E-state index in [1.54, 1.807) is 0 Å². The molecule has 1 aliphatic rings. The van der Waals surface area contributed by atoms with Crippen LogP contribution in [0.4, 0.5) is 5.82 Å². The van der Waals surface area contributed by atoms with Crippen LogP contribution in [0.2, 0.25) is 0 Å². The fourth-order valence-electron chi connectivity index (χ4n) is 2.70. The van der Waals surface area contributed by atoms with E-state index in [0.717, 1.165) is 37.3 Å². The van der Waals surface area contributed by atoms with E-state index in [9.17, 15) is 0 Å². The fourth-order valence-corrected chi connectivity index (χ4v) is 2.70. The zero-order valence-corrected chi connectivity index (χ0v) is 14.3. The zero-order valence-electron chi connectivity index (χ0n) is 14.3. The summed E-state index contributed by atoms with van der Waals surface area (Å²) >= 11 is 0. The monoisotopic (exact) mass is 289 g/mol. The highest BCUT2D eigenvalue weighted by atomic mass is 15.2. The van der Waals surface area contributed by atoms with Crippen molar-refractivity contribution < 1.29 is 0 Å². The van der Waals surface area contributed by atoms with E-state index in [4.69, 9.17) is 4.98 Å². The molecule has 2 unspecified atom stereocenters. The molecule has 0 amide bonds. The van der Waals surface area contributed by atoms with Crippen molar-refractivity contribution in [1.82, 2.24) is 10.3 Å². The molecule has 0 saturated heterocycles. The van der Waals surface area contributed by atoms with Crippen LogP contribution in [-0.2, 0) is 6.54 Å². The summed E-state index contributed by atoms with van der Waals surface area (Å²) in [7, 11) is 2.18. The van der Waals surface area contributed by atoms with Gasteiger partial charge in [0.25, 0.3) is 0 Å². The lowest BCUT2D eigenvalue weighted by Gasteiger charge is -2.21. The SMILES string of the molecule is CCCNCc1cc(C(C)C)nc(N(C)CC2CC2C)c1. The lowest BCUT2D eigenvalue weighted by atomic mass is 10.1. The second kappa shape index (κ2) is 7.26. The minimum Gasteiger partial charge on any atom is -0.359 e. The quantitative estimate of drug-likeness (QED) is 0.738. The molecule has 1 heterocycles. The Balaban J connectivity index is 2.10. The number of nitrogens with zero attached hydrogens (tertiary/aromatic N) is 2. The molecule has 1 N–H and O–H groups in total. The highest BCUT2D eigenvalue weighted by Gasteiger charge is 2.33. The van der Waals surface area contributed by atoms with Crippen molar-refractivity contribution in [2.24, 2.45) is 11.8 Å². The number of hydrogen-bond acceptors (Lipinski definition) is 3. The summed E-state index contributed by atoms with van der Waals surface area (Å²) in [6, 6.07) is 4.51. The van der Waals surface area contributed by atoms with Crippen LogP contribution in [0.1, 0.15) is 57.7 Å². The summed E-state index contributed by atoms with van der Waals surface area (Å²) in [6.45, 7) is 12.1. The molecular weight excluding hydrogens is 258 g/mol. The number of aromatic nitrogens is 1. The van der Waals surface area contributed by atoms with E-state index in [1.807, 2.05) is 0 Å². The second-order valence-corrected chi connectivity index (χ2v) is 6.94. The third-order valence-corrected chi connectivity index (χ3v) is 4.41. The molecule has 1 fully saturated rings. The Bertz CT molecular complexity index is 456. The van der Waals surface area contributed by atoms with Gasteiger partial charge >= 0.3 is 0 Å². The molecule has 118 valence electrons. The van der Waals surface area contributed by atoms with Crippen LogP contribution in [0.25, 0.3) is 0 Å². The number of hydrogen-bond donors (Lipinski definition) is 1. The Labute approximate surface area is 130 Å². The normalized spacial score (nSPS) is 20.9. The number of nitrogens with one attached hydrogen (secondary N) is 1. The smallest absolute Gasteiger partial charge is 0.128 e. The van der Waals surface area contributed by atoms with Crippen LogP contribution in [0.5, 0.6) is 0 Å². The Morgan fingerprint density at radius 3 is 2.67 bits per heavy atom. The average molecular weight is 289 g/mol. The molecule has 21 heavy (non-hydrogen) atoms. The maximum Gasteiger partial charge on any atom is 0.128 e. The Morgan fingerprint density at radius 2 is 2.10 bits per heavy atom. The molecule has 3 nitrogen and oxygen atoms in total. The molecule has 1 aromatic heterocycles. The molecule has 3 heteroatoms. The average Bonchev–Trinajstić information content (AvgIpc) is 3.14. The van der Waals surface area contributed by atoms with Gasteiger partial charge in [-0.1, -0.05) is 27.7 Å². The summed E-state index contributed by atoms with van der Waals surface area (Å²) in [4.78, 5) is 7.20. The first-order valence-corrected chi connectivity index (χ1v) is 8.44. The Hall–Kier alpha value is -1.09. The summed E-state index contributed by atoms with van der Waals surface area (Å²) in [5, 5.41) is 3.50. The number of rotatable bonds is 8. The molecule has 0 spiro atoms. The van der Waals surface area contributed by atoms with Gasteiger partial charge in [-0.2, -0.15) is 0 Å². The van der Waals surface area contributed by atoms with Gasteiger partial charge in [0.05, 0.1) is 0 Å². The van der Waals surface area contributed by atoms with Crippen molar-refractivity contribution in [3.05, 3.63) is 23.4 Å². The summed E-state index contributed by atoms with van der Waals surface area (Å²) in [5.74, 6) is 3.37. The van der Waals surface area contributed by atoms with Crippen molar-refractivity contribution in [1.29, 1.82) is 0 Å². The van der Waals surface area contributed by atoms with Crippen molar-refractivity contribution in [2.45, 2.75) is 53.0 Å². The van der Waals surface area contributed by atoms with E-state index < -0.39 is 0 Å². The molecule has 0 bridgehead atoms. The lowest BCUT2D eigenvalue weighted by Crippen LogP contribution is -2.23. The van der Waals surface area contributed by atoms with Gasteiger partial charge in [0, 0.05) is 25.8 Å². The first-order chi connectivity index (χ1) is 10.0. The van der Waals surface area contributed by atoms with Crippen LogP contribution in [0, 0.1) is 11.8 Å². The fraction of sp³-hybridized carbons (Fsp3) is 0.722. The van der Waals surface area contributed by atoms with Gasteiger partial charge in [0.2, 0.25) is 0 Å².